The van der Waals surface area contributed by atoms with Crippen molar-refractivity contribution in [2.24, 2.45) is 4.99 Å². The topological polar surface area (TPSA) is 12.4 Å². The largest absolute Gasteiger partial charge is 0.253 e. The summed E-state index contributed by atoms with van der Waals surface area (Å²) in [4.78, 5) is 4.36. The molecule has 0 atom stereocenters. The van der Waals surface area contributed by atoms with Gasteiger partial charge in [-0.1, -0.05) is 6.58 Å². The highest BCUT2D eigenvalue weighted by Crippen LogP contribution is 2.29. The van der Waals surface area contributed by atoms with Crippen molar-refractivity contribution in [2.75, 3.05) is 0 Å². The third kappa shape index (κ3) is 1.12. The van der Waals surface area contributed by atoms with Gasteiger partial charge in [0.05, 0.1) is 5.70 Å². The first kappa shape index (κ1) is 8.24. The molecule has 0 radical (unpaired) electrons. The summed E-state index contributed by atoms with van der Waals surface area (Å²) in [6, 6.07) is 4.37. The van der Waals surface area contributed by atoms with Crippen molar-refractivity contribution in [1.82, 2.24) is 0 Å². The fraction of sp³-hybridized carbons (Fsp3) is 0.250. The van der Waals surface area contributed by atoms with E-state index in [-0.39, 0.29) is 0 Å². The van der Waals surface area contributed by atoms with Crippen LogP contribution in [0.15, 0.2) is 23.7 Å². The lowest BCUT2D eigenvalue weighted by molar-refractivity contribution is 1.33. The Bertz CT molecular complexity index is 425. The normalized spacial score (nSPS) is 14.4. The van der Waals surface area contributed by atoms with E-state index in [4.69, 9.17) is 0 Å². The van der Waals surface area contributed by atoms with Crippen molar-refractivity contribution in [3.05, 3.63) is 41.0 Å². The summed E-state index contributed by atoms with van der Waals surface area (Å²) < 4.78 is 0. The van der Waals surface area contributed by atoms with Crippen LogP contribution in [-0.2, 0) is 0 Å². The maximum Gasteiger partial charge on any atom is 0.0640 e. The molecule has 1 aromatic carbocycles. The molecule has 1 aromatic rings. The summed E-state index contributed by atoms with van der Waals surface area (Å²) in [7, 11) is 0. The van der Waals surface area contributed by atoms with Crippen LogP contribution in [0.3, 0.4) is 0 Å². The summed E-state index contributed by atoms with van der Waals surface area (Å²) in [5.41, 5.74) is 7.06. The van der Waals surface area contributed by atoms with Crippen molar-refractivity contribution in [2.45, 2.75) is 20.8 Å². The third-order valence-corrected chi connectivity index (χ3v) is 2.64. The van der Waals surface area contributed by atoms with E-state index in [1.807, 2.05) is 6.92 Å². The Balaban J connectivity index is 2.72. The van der Waals surface area contributed by atoms with Gasteiger partial charge in [-0.2, -0.15) is 0 Å². The average Bonchev–Trinajstić information content (AvgIpc) is 2.31. The Hall–Kier alpha value is -1.37. The first-order valence-corrected chi connectivity index (χ1v) is 4.46. The molecule has 0 amide bonds. The van der Waals surface area contributed by atoms with E-state index in [1.165, 1.54) is 22.3 Å². The predicted octanol–water partition coefficient (Wildman–Crippen LogP) is 3.10. The zero-order chi connectivity index (χ0) is 9.59. The van der Waals surface area contributed by atoms with Crippen molar-refractivity contribution in [3.8, 4) is 0 Å². The van der Waals surface area contributed by atoms with Crippen molar-refractivity contribution >= 4 is 11.4 Å². The van der Waals surface area contributed by atoms with Gasteiger partial charge in [0.25, 0.3) is 0 Å². The van der Waals surface area contributed by atoms with Crippen LogP contribution >= 0.6 is 0 Å². The van der Waals surface area contributed by atoms with Crippen LogP contribution in [-0.4, -0.2) is 5.71 Å². The molecule has 0 fully saturated rings. The lowest BCUT2D eigenvalue weighted by atomic mass is 9.98. The smallest absolute Gasteiger partial charge is 0.0640 e. The van der Waals surface area contributed by atoms with Crippen molar-refractivity contribution < 1.29 is 0 Å². The van der Waals surface area contributed by atoms with Crippen LogP contribution in [0.25, 0.3) is 5.70 Å². The quantitative estimate of drug-likeness (QED) is 0.568. The minimum atomic E-state index is 0.899. The number of aliphatic imine (C=N–C) groups is 1. The lowest BCUT2D eigenvalue weighted by Crippen LogP contribution is -1.94. The fourth-order valence-electron chi connectivity index (χ4n) is 1.68. The summed E-state index contributed by atoms with van der Waals surface area (Å²) in [6.45, 7) is 10.2. The van der Waals surface area contributed by atoms with Gasteiger partial charge in [-0.25, -0.2) is 0 Å². The molecule has 0 saturated heterocycles. The molecule has 1 aliphatic heterocycles. The number of hydrogen-bond donors (Lipinski definition) is 0. The van der Waals surface area contributed by atoms with Crippen LogP contribution < -0.4 is 0 Å². The molecule has 0 unspecified atom stereocenters. The molecule has 2 rings (SSSR count). The molecule has 0 saturated carbocycles. The Morgan fingerprint density at radius 2 is 1.54 bits per heavy atom. The molecule has 0 bridgehead atoms. The zero-order valence-corrected chi connectivity index (χ0v) is 8.31. The molecule has 66 valence electrons. The van der Waals surface area contributed by atoms with Gasteiger partial charge in [-0.15, -0.1) is 0 Å². The minimum absolute atomic E-state index is 0.899. The van der Waals surface area contributed by atoms with Gasteiger partial charge in [0.1, 0.15) is 0 Å². The molecule has 0 aliphatic carbocycles. The van der Waals surface area contributed by atoms with Crippen LogP contribution in [0.4, 0.5) is 0 Å². The number of rotatable bonds is 0. The van der Waals surface area contributed by atoms with E-state index in [0.717, 1.165) is 11.4 Å². The van der Waals surface area contributed by atoms with E-state index in [9.17, 15) is 0 Å². The van der Waals surface area contributed by atoms with Crippen LogP contribution in [0, 0.1) is 13.8 Å². The molecule has 1 aliphatic rings. The summed E-state index contributed by atoms with van der Waals surface area (Å²) in [5.74, 6) is 0. The molecule has 13 heavy (non-hydrogen) atoms. The molecule has 1 heterocycles. The Labute approximate surface area is 78.8 Å². The standard InChI is InChI=1S/C12H13N/c1-7-5-11-9(3)13-10(4)12(11)6-8(7)2/h5-6H,3H2,1-2,4H3. The second-order valence-electron chi connectivity index (χ2n) is 3.63. The Morgan fingerprint density at radius 3 is 2.15 bits per heavy atom. The monoisotopic (exact) mass is 171 g/mol. The predicted molar refractivity (Wildman–Crippen MR) is 57.2 cm³/mol. The molecule has 0 N–H and O–H groups in total. The van der Waals surface area contributed by atoms with E-state index < -0.39 is 0 Å². The Morgan fingerprint density at radius 1 is 1.00 bits per heavy atom. The number of nitrogens with zero attached hydrogens (tertiary/aromatic N) is 1. The lowest BCUT2D eigenvalue weighted by Gasteiger charge is -2.05. The number of benzene rings is 1. The third-order valence-electron chi connectivity index (χ3n) is 2.64. The first-order chi connectivity index (χ1) is 6.09. The van der Waals surface area contributed by atoms with E-state index in [1.54, 1.807) is 0 Å². The summed E-state index contributed by atoms with van der Waals surface area (Å²) >= 11 is 0. The zero-order valence-electron chi connectivity index (χ0n) is 8.31. The molecule has 0 aromatic heterocycles. The van der Waals surface area contributed by atoms with Gasteiger partial charge in [0, 0.05) is 16.8 Å². The van der Waals surface area contributed by atoms with Gasteiger partial charge in [0.2, 0.25) is 0 Å². The number of fused-ring (bicyclic) bond motifs is 1. The highest BCUT2D eigenvalue weighted by molar-refractivity contribution is 6.09. The molecular weight excluding hydrogens is 158 g/mol. The highest BCUT2D eigenvalue weighted by Gasteiger charge is 2.16. The maximum absolute atomic E-state index is 4.36. The maximum atomic E-state index is 4.36. The SMILES string of the molecule is C=C1N=C(C)c2cc(C)c(C)cc21. The number of aryl methyl sites for hydroxylation is 2. The fourth-order valence-corrected chi connectivity index (χ4v) is 1.68. The van der Waals surface area contributed by atoms with E-state index in [0.29, 0.717) is 0 Å². The second-order valence-corrected chi connectivity index (χ2v) is 3.63. The summed E-state index contributed by atoms with van der Waals surface area (Å²) in [5, 5.41) is 0. The van der Waals surface area contributed by atoms with Crippen LogP contribution in [0.5, 0.6) is 0 Å². The first-order valence-electron chi connectivity index (χ1n) is 4.46. The summed E-state index contributed by atoms with van der Waals surface area (Å²) in [6.07, 6.45) is 0. The van der Waals surface area contributed by atoms with Crippen LogP contribution in [0.1, 0.15) is 29.2 Å². The van der Waals surface area contributed by atoms with Gasteiger partial charge in [-0.05, 0) is 44.0 Å². The van der Waals surface area contributed by atoms with Crippen molar-refractivity contribution in [1.29, 1.82) is 0 Å². The van der Waals surface area contributed by atoms with Gasteiger partial charge >= 0.3 is 0 Å². The molecule has 1 heteroatoms. The number of hydrogen-bond acceptors (Lipinski definition) is 1. The molecular formula is C12H13N. The average molecular weight is 171 g/mol. The van der Waals surface area contributed by atoms with Gasteiger partial charge in [-0.3, -0.25) is 4.99 Å². The van der Waals surface area contributed by atoms with E-state index >= 15 is 0 Å². The highest BCUT2D eigenvalue weighted by atomic mass is 14.8. The van der Waals surface area contributed by atoms with Gasteiger partial charge < -0.3 is 0 Å². The molecule has 0 spiro atoms. The van der Waals surface area contributed by atoms with Crippen LogP contribution in [0.2, 0.25) is 0 Å². The second kappa shape index (κ2) is 2.56. The van der Waals surface area contributed by atoms with Crippen molar-refractivity contribution in [3.63, 3.8) is 0 Å². The molecule has 1 nitrogen and oxygen atoms in total. The minimum Gasteiger partial charge on any atom is -0.253 e. The van der Waals surface area contributed by atoms with Gasteiger partial charge in [0.15, 0.2) is 0 Å². The van der Waals surface area contributed by atoms with E-state index in [2.05, 4.69) is 37.6 Å². The Kier molecular flexibility index (Phi) is 1.62.